The normalized spacial score (nSPS) is 15.0. The maximum atomic E-state index is 12.8. The Morgan fingerprint density at radius 1 is 1.03 bits per heavy atom. The molecule has 32 heavy (non-hydrogen) atoms. The first-order valence-corrected chi connectivity index (χ1v) is 11.9. The first-order valence-electron chi connectivity index (χ1n) is 10.4. The van der Waals surface area contributed by atoms with E-state index in [0.29, 0.717) is 25.5 Å². The van der Waals surface area contributed by atoms with Gasteiger partial charge in [-0.25, -0.2) is 8.42 Å². The number of hydrogen-bond donors (Lipinski definition) is 2. The average Bonchev–Trinajstić information content (AvgIpc) is 3.30. The van der Waals surface area contributed by atoms with Crippen LogP contribution in [0, 0.1) is 0 Å². The van der Waals surface area contributed by atoms with Gasteiger partial charge in [0.25, 0.3) is 5.91 Å². The van der Waals surface area contributed by atoms with Gasteiger partial charge in [0.15, 0.2) is 5.76 Å². The van der Waals surface area contributed by atoms with Gasteiger partial charge in [0.05, 0.1) is 24.7 Å². The highest BCUT2D eigenvalue weighted by atomic mass is 32.2. The Hall–Kier alpha value is -2.73. The summed E-state index contributed by atoms with van der Waals surface area (Å²) in [6.07, 6.45) is 0. The van der Waals surface area contributed by atoms with E-state index < -0.39 is 21.8 Å². The van der Waals surface area contributed by atoms with Crippen molar-refractivity contribution in [2.75, 3.05) is 39.4 Å². The Labute approximate surface area is 187 Å². The second kappa shape index (κ2) is 10.7. The highest BCUT2D eigenvalue weighted by Crippen LogP contribution is 2.18. The Morgan fingerprint density at radius 3 is 2.41 bits per heavy atom. The van der Waals surface area contributed by atoms with E-state index in [2.05, 4.69) is 15.8 Å². The molecule has 11 heteroatoms. The number of amides is 2. The molecule has 1 aliphatic rings. The maximum absolute atomic E-state index is 12.8. The molecule has 1 aromatic heterocycles. The Bertz CT molecular complexity index is 1040. The fourth-order valence-electron chi connectivity index (χ4n) is 3.23. The molecule has 0 atom stereocenters. The Kier molecular flexibility index (Phi) is 8.02. The van der Waals surface area contributed by atoms with Gasteiger partial charge in [-0.15, -0.1) is 0 Å². The van der Waals surface area contributed by atoms with Gasteiger partial charge < -0.3 is 9.15 Å². The van der Waals surface area contributed by atoms with Crippen LogP contribution in [-0.2, 0) is 21.3 Å². The standard InChI is InChI=1S/C21H28N4O6S/c1-3-24(4-2)15-17-8-9-19(31-17)21(27)23-22-20(26)16-6-5-7-18(14-16)32(28,29)25-10-12-30-13-11-25/h5-9,14H,3-4,10-13,15H2,1-2H3,(H,22,26)(H,23,27). The van der Waals surface area contributed by atoms with Crippen LogP contribution in [0.15, 0.2) is 45.7 Å². The topological polar surface area (TPSA) is 121 Å². The van der Waals surface area contributed by atoms with Gasteiger partial charge in [-0.05, 0) is 43.4 Å². The summed E-state index contributed by atoms with van der Waals surface area (Å²) in [4.78, 5) is 26.9. The zero-order valence-corrected chi connectivity index (χ0v) is 19.0. The number of morpholine rings is 1. The number of nitrogens with one attached hydrogen (secondary N) is 2. The summed E-state index contributed by atoms with van der Waals surface area (Å²) < 4.78 is 37.6. The van der Waals surface area contributed by atoms with Crippen molar-refractivity contribution in [1.29, 1.82) is 0 Å². The highest BCUT2D eigenvalue weighted by molar-refractivity contribution is 7.89. The number of benzene rings is 1. The summed E-state index contributed by atoms with van der Waals surface area (Å²) in [5.41, 5.74) is 4.68. The van der Waals surface area contributed by atoms with Crippen LogP contribution in [0.25, 0.3) is 0 Å². The summed E-state index contributed by atoms with van der Waals surface area (Å²) in [7, 11) is -3.74. The molecule has 174 valence electrons. The van der Waals surface area contributed by atoms with Crippen LogP contribution in [0.1, 0.15) is 40.5 Å². The number of hydrogen-bond acceptors (Lipinski definition) is 7. The third kappa shape index (κ3) is 5.74. The fourth-order valence-corrected chi connectivity index (χ4v) is 4.69. The van der Waals surface area contributed by atoms with Crippen molar-refractivity contribution >= 4 is 21.8 Å². The van der Waals surface area contributed by atoms with Gasteiger partial charge in [-0.1, -0.05) is 19.9 Å². The first-order chi connectivity index (χ1) is 15.3. The largest absolute Gasteiger partial charge is 0.454 e. The number of hydrazine groups is 1. The monoisotopic (exact) mass is 464 g/mol. The van der Waals surface area contributed by atoms with E-state index in [1.165, 1.54) is 34.6 Å². The van der Waals surface area contributed by atoms with Crippen LogP contribution in [0.2, 0.25) is 0 Å². The van der Waals surface area contributed by atoms with Crippen molar-refractivity contribution in [3.05, 3.63) is 53.5 Å². The van der Waals surface area contributed by atoms with E-state index in [1.54, 1.807) is 6.07 Å². The minimum Gasteiger partial charge on any atom is -0.454 e. The Morgan fingerprint density at radius 2 is 1.72 bits per heavy atom. The molecule has 0 bridgehead atoms. The van der Waals surface area contributed by atoms with E-state index in [4.69, 9.17) is 9.15 Å². The predicted octanol–water partition coefficient (Wildman–Crippen LogP) is 1.22. The molecule has 0 unspecified atom stereocenters. The van der Waals surface area contributed by atoms with Crippen LogP contribution in [0.3, 0.4) is 0 Å². The van der Waals surface area contributed by atoms with Gasteiger partial charge >= 0.3 is 5.91 Å². The lowest BCUT2D eigenvalue weighted by molar-refractivity contribution is 0.0730. The molecule has 1 aromatic carbocycles. The molecule has 1 saturated heterocycles. The predicted molar refractivity (Wildman–Crippen MR) is 116 cm³/mol. The van der Waals surface area contributed by atoms with Crippen molar-refractivity contribution in [1.82, 2.24) is 20.1 Å². The molecule has 1 fully saturated rings. The van der Waals surface area contributed by atoms with Crippen molar-refractivity contribution in [3.63, 3.8) is 0 Å². The summed E-state index contributed by atoms with van der Waals surface area (Å²) in [6.45, 7) is 7.54. The lowest BCUT2D eigenvalue weighted by atomic mass is 10.2. The zero-order valence-electron chi connectivity index (χ0n) is 18.2. The number of ether oxygens (including phenoxy) is 1. The van der Waals surface area contributed by atoms with E-state index >= 15 is 0 Å². The lowest BCUT2D eigenvalue weighted by Crippen LogP contribution is -2.42. The third-order valence-electron chi connectivity index (χ3n) is 5.15. The zero-order chi connectivity index (χ0) is 23.1. The van der Waals surface area contributed by atoms with E-state index in [0.717, 1.165) is 13.1 Å². The van der Waals surface area contributed by atoms with Gasteiger partial charge in [0, 0.05) is 18.7 Å². The maximum Gasteiger partial charge on any atom is 0.305 e. The number of nitrogens with zero attached hydrogens (tertiary/aromatic N) is 2. The molecule has 0 radical (unpaired) electrons. The van der Waals surface area contributed by atoms with Crippen molar-refractivity contribution in [3.8, 4) is 0 Å². The molecular weight excluding hydrogens is 436 g/mol. The van der Waals surface area contributed by atoms with Gasteiger partial charge in [-0.3, -0.25) is 25.3 Å². The molecule has 1 aliphatic heterocycles. The molecule has 2 aromatic rings. The number of carbonyl (C=O) groups is 2. The molecule has 0 saturated carbocycles. The summed E-state index contributed by atoms with van der Waals surface area (Å²) in [5, 5.41) is 0. The van der Waals surface area contributed by atoms with Gasteiger partial charge in [0.1, 0.15) is 5.76 Å². The Balaban J connectivity index is 1.61. The smallest absolute Gasteiger partial charge is 0.305 e. The molecule has 3 rings (SSSR count). The minimum atomic E-state index is -3.74. The molecule has 10 nitrogen and oxygen atoms in total. The number of carbonyl (C=O) groups excluding carboxylic acids is 2. The molecule has 0 aliphatic carbocycles. The molecule has 0 spiro atoms. The van der Waals surface area contributed by atoms with Crippen molar-refractivity contribution < 1.29 is 27.2 Å². The summed E-state index contributed by atoms with van der Waals surface area (Å²) >= 11 is 0. The summed E-state index contributed by atoms with van der Waals surface area (Å²) in [6, 6.07) is 8.91. The van der Waals surface area contributed by atoms with Crippen LogP contribution in [0.5, 0.6) is 0 Å². The van der Waals surface area contributed by atoms with Gasteiger partial charge in [0.2, 0.25) is 10.0 Å². The van der Waals surface area contributed by atoms with Crippen LogP contribution >= 0.6 is 0 Å². The number of furan rings is 1. The highest BCUT2D eigenvalue weighted by Gasteiger charge is 2.27. The second-order valence-electron chi connectivity index (χ2n) is 7.18. The van der Waals surface area contributed by atoms with Crippen LogP contribution < -0.4 is 10.9 Å². The third-order valence-corrected chi connectivity index (χ3v) is 7.05. The van der Waals surface area contributed by atoms with E-state index in [9.17, 15) is 18.0 Å². The minimum absolute atomic E-state index is 0.00505. The SMILES string of the molecule is CCN(CC)Cc1ccc(C(=O)NNC(=O)c2cccc(S(=O)(=O)N3CCOCC3)c2)o1. The average molecular weight is 465 g/mol. The number of rotatable bonds is 8. The lowest BCUT2D eigenvalue weighted by Gasteiger charge is -2.26. The first kappa shape index (κ1) is 23.9. The molecule has 2 N–H and O–H groups in total. The van der Waals surface area contributed by atoms with Gasteiger partial charge in [-0.2, -0.15) is 4.31 Å². The van der Waals surface area contributed by atoms with Crippen molar-refractivity contribution in [2.24, 2.45) is 0 Å². The van der Waals surface area contributed by atoms with E-state index in [-0.39, 0.29) is 29.3 Å². The fraction of sp³-hybridized carbons (Fsp3) is 0.429. The summed E-state index contributed by atoms with van der Waals surface area (Å²) in [5.74, 6) is -0.546. The molecule has 2 heterocycles. The molecular formula is C21H28N4O6S. The number of sulfonamides is 1. The van der Waals surface area contributed by atoms with Crippen molar-refractivity contribution in [2.45, 2.75) is 25.3 Å². The van der Waals surface area contributed by atoms with E-state index in [1.807, 2.05) is 13.8 Å². The quantitative estimate of drug-likeness (QED) is 0.564. The molecule has 2 amide bonds. The van der Waals surface area contributed by atoms with Crippen LogP contribution in [0.4, 0.5) is 0 Å². The van der Waals surface area contributed by atoms with Crippen LogP contribution in [-0.4, -0.2) is 68.8 Å². The second-order valence-corrected chi connectivity index (χ2v) is 9.12.